The van der Waals surface area contributed by atoms with Crippen molar-refractivity contribution in [3.63, 3.8) is 0 Å². The second kappa shape index (κ2) is 11.3. The number of ether oxygens (including phenoxy) is 1. The molecule has 1 fully saturated rings. The van der Waals surface area contributed by atoms with Crippen LogP contribution < -0.4 is 4.90 Å². The highest BCUT2D eigenvalue weighted by Crippen LogP contribution is 2.45. The summed E-state index contributed by atoms with van der Waals surface area (Å²) in [6.07, 6.45) is -8.77. The molecule has 0 saturated carbocycles. The van der Waals surface area contributed by atoms with E-state index in [2.05, 4.69) is 4.40 Å². The van der Waals surface area contributed by atoms with Crippen LogP contribution in [0.5, 0.6) is 0 Å². The molecule has 43 heavy (non-hydrogen) atoms. The predicted molar refractivity (Wildman–Crippen MR) is 149 cm³/mol. The van der Waals surface area contributed by atoms with Gasteiger partial charge in [-0.25, -0.2) is 0 Å². The number of hydrogen-bond donors (Lipinski definition) is 0. The molecule has 5 rings (SSSR count). The zero-order valence-electron chi connectivity index (χ0n) is 22.3. The molecule has 1 atom stereocenters. The normalized spacial score (nSPS) is 17.8. The van der Waals surface area contributed by atoms with Crippen molar-refractivity contribution in [1.29, 1.82) is 0 Å². The van der Waals surface area contributed by atoms with Crippen LogP contribution in [0, 0.1) is 6.92 Å². The summed E-state index contributed by atoms with van der Waals surface area (Å²) in [4.78, 5) is 0.686. The molecular weight excluding hydrogens is 594 g/mol. The van der Waals surface area contributed by atoms with Gasteiger partial charge in [0.05, 0.1) is 16.0 Å². The first-order chi connectivity index (χ1) is 20.2. The molecule has 4 aromatic rings. The van der Waals surface area contributed by atoms with Gasteiger partial charge in [-0.2, -0.15) is 34.8 Å². The van der Waals surface area contributed by atoms with E-state index in [-0.39, 0.29) is 16.7 Å². The Labute approximate surface area is 243 Å². The van der Waals surface area contributed by atoms with Gasteiger partial charge >= 0.3 is 18.4 Å². The Hall–Kier alpha value is -4.58. The largest absolute Gasteiger partial charge is 0.427 e. The lowest BCUT2D eigenvalue weighted by atomic mass is 10.0. The quantitative estimate of drug-likeness (QED) is 0.211. The van der Waals surface area contributed by atoms with Crippen molar-refractivity contribution in [2.24, 2.45) is 4.40 Å². The van der Waals surface area contributed by atoms with Gasteiger partial charge in [0, 0.05) is 5.69 Å². The smallest absolute Gasteiger partial charge is 0.416 e. The minimum Gasteiger partial charge on any atom is -0.427 e. The molecule has 0 N–H and O–H groups in total. The molecule has 1 heterocycles. The van der Waals surface area contributed by atoms with E-state index in [4.69, 9.17) is 4.74 Å². The molecule has 222 valence electrons. The van der Waals surface area contributed by atoms with Crippen molar-refractivity contribution < 1.29 is 39.5 Å². The molecule has 5 nitrogen and oxygen atoms in total. The Bertz CT molecular complexity index is 1750. The van der Waals surface area contributed by atoms with Gasteiger partial charge in [0.15, 0.2) is 0 Å². The summed E-state index contributed by atoms with van der Waals surface area (Å²) in [6.45, 7) is 1.74. The van der Waals surface area contributed by atoms with Gasteiger partial charge in [-0.1, -0.05) is 78.4 Å². The van der Waals surface area contributed by atoms with Crippen LogP contribution in [0.1, 0.15) is 33.9 Å². The first-order valence-corrected chi connectivity index (χ1v) is 14.2. The van der Waals surface area contributed by atoms with Gasteiger partial charge in [0.2, 0.25) is 0 Å². The predicted octanol–water partition coefficient (Wildman–Crippen LogP) is 8.40. The van der Waals surface area contributed by atoms with E-state index in [9.17, 15) is 34.8 Å². The molecule has 0 unspecified atom stereocenters. The molecule has 0 spiro atoms. The first kappa shape index (κ1) is 29.9. The highest BCUT2D eigenvalue weighted by atomic mass is 32.2. The van der Waals surface area contributed by atoms with Gasteiger partial charge in [0.1, 0.15) is 11.8 Å². The molecule has 0 aromatic heterocycles. The number of alkyl halides is 6. The second-order valence-corrected chi connectivity index (χ2v) is 11.3. The third-order valence-electron chi connectivity index (χ3n) is 6.53. The van der Waals surface area contributed by atoms with Gasteiger partial charge in [0.25, 0.3) is 10.0 Å². The summed E-state index contributed by atoms with van der Waals surface area (Å²) in [5, 5.41) is 0. The molecule has 1 aliphatic heterocycles. The number of anilines is 1. The van der Waals surface area contributed by atoms with E-state index in [1.807, 2.05) is 0 Å². The minimum absolute atomic E-state index is 0.00145. The maximum atomic E-state index is 13.9. The average molecular weight is 617 g/mol. The maximum Gasteiger partial charge on any atom is 0.416 e. The summed E-state index contributed by atoms with van der Waals surface area (Å²) in [7, 11) is -4.53. The summed E-state index contributed by atoms with van der Waals surface area (Å²) in [5.41, 5.74) is -2.04. The lowest BCUT2D eigenvalue weighted by Gasteiger charge is -2.26. The SMILES string of the molecule is Cc1ccc(S(=O)(=O)/N=C2\O/C(=C\c3ccccc3)[C@@H](c3ccccc3)N2c2cc(C(F)(F)F)cc(C(F)(F)F)c2)cc1. The van der Waals surface area contributed by atoms with Gasteiger partial charge in [-0.05, 0) is 54.5 Å². The van der Waals surface area contributed by atoms with Crippen LogP contribution in [-0.2, 0) is 27.1 Å². The fraction of sp³-hybridized carbons (Fsp3) is 0.129. The molecule has 12 heteroatoms. The van der Waals surface area contributed by atoms with E-state index < -0.39 is 51.3 Å². The second-order valence-electron chi connectivity index (χ2n) is 9.67. The average Bonchev–Trinajstić information content (AvgIpc) is 3.29. The fourth-order valence-corrected chi connectivity index (χ4v) is 5.40. The van der Waals surface area contributed by atoms with Crippen molar-refractivity contribution in [3.8, 4) is 0 Å². The van der Waals surface area contributed by atoms with E-state index in [0.29, 0.717) is 23.3 Å². The van der Waals surface area contributed by atoms with Crippen LogP contribution in [0.3, 0.4) is 0 Å². The van der Waals surface area contributed by atoms with Crippen LogP contribution in [0.4, 0.5) is 32.0 Å². The lowest BCUT2D eigenvalue weighted by Crippen LogP contribution is -2.30. The topological polar surface area (TPSA) is 59.0 Å². The van der Waals surface area contributed by atoms with Crippen molar-refractivity contribution >= 4 is 27.8 Å². The van der Waals surface area contributed by atoms with Gasteiger partial charge < -0.3 is 4.74 Å². The molecular formula is C31H22F6N2O3S. The van der Waals surface area contributed by atoms with Crippen molar-refractivity contribution in [2.75, 3.05) is 4.90 Å². The molecule has 0 radical (unpaired) electrons. The molecule has 1 saturated heterocycles. The Morgan fingerprint density at radius 3 is 1.84 bits per heavy atom. The van der Waals surface area contributed by atoms with Gasteiger partial charge in [-0.15, -0.1) is 4.40 Å². The minimum atomic E-state index is -5.15. The first-order valence-electron chi connectivity index (χ1n) is 12.7. The number of benzene rings is 4. The van der Waals surface area contributed by atoms with Crippen LogP contribution in [0.2, 0.25) is 0 Å². The Balaban J connectivity index is 1.80. The highest BCUT2D eigenvalue weighted by molar-refractivity contribution is 7.90. The Kier molecular flexibility index (Phi) is 7.82. The van der Waals surface area contributed by atoms with Crippen molar-refractivity contribution in [1.82, 2.24) is 0 Å². The Morgan fingerprint density at radius 1 is 0.767 bits per heavy atom. The summed E-state index contributed by atoms with van der Waals surface area (Å²) >= 11 is 0. The van der Waals surface area contributed by atoms with E-state index in [1.54, 1.807) is 67.6 Å². The highest BCUT2D eigenvalue weighted by Gasteiger charge is 2.43. The molecule has 4 aromatic carbocycles. The van der Waals surface area contributed by atoms with Crippen LogP contribution in [0.15, 0.2) is 118 Å². The number of aryl methyl sites for hydroxylation is 1. The summed E-state index contributed by atoms with van der Waals surface area (Å²) < 4.78 is 120. The van der Waals surface area contributed by atoms with Crippen LogP contribution in [-0.4, -0.2) is 14.4 Å². The third-order valence-corrected chi connectivity index (χ3v) is 7.80. The number of sulfonamides is 1. The molecule has 0 bridgehead atoms. The summed E-state index contributed by atoms with van der Waals surface area (Å²) in [6, 6.07) is 21.4. The van der Waals surface area contributed by atoms with Crippen LogP contribution >= 0.6 is 0 Å². The van der Waals surface area contributed by atoms with E-state index >= 15 is 0 Å². The maximum absolute atomic E-state index is 13.9. The monoisotopic (exact) mass is 616 g/mol. The number of halogens is 6. The molecule has 1 aliphatic rings. The van der Waals surface area contributed by atoms with Crippen molar-refractivity contribution in [3.05, 3.63) is 137 Å². The van der Waals surface area contributed by atoms with Crippen LogP contribution in [0.25, 0.3) is 6.08 Å². The zero-order valence-corrected chi connectivity index (χ0v) is 23.1. The lowest BCUT2D eigenvalue weighted by molar-refractivity contribution is -0.143. The van der Waals surface area contributed by atoms with E-state index in [1.165, 1.54) is 30.3 Å². The zero-order chi connectivity index (χ0) is 31.0. The van der Waals surface area contributed by atoms with Gasteiger partial charge in [-0.3, -0.25) is 4.90 Å². The molecule has 0 aliphatic carbocycles. The number of rotatable bonds is 5. The number of hydrogen-bond acceptors (Lipinski definition) is 3. The Morgan fingerprint density at radius 2 is 1.30 bits per heavy atom. The van der Waals surface area contributed by atoms with Crippen molar-refractivity contribution in [2.45, 2.75) is 30.2 Å². The number of nitrogens with zero attached hydrogens (tertiary/aromatic N) is 2. The number of amidine groups is 1. The standard InChI is InChI=1S/C31H22F6N2O3S/c1-20-12-14-26(15-13-20)43(40,41)38-29-39(25-18-23(30(32,33)34)17-24(19-25)31(35,36)37)28(22-10-6-3-7-11-22)27(42-29)16-21-8-4-2-5-9-21/h2-19,28H,1H3/b27-16-,38-29-/t28-/m1/s1. The summed E-state index contributed by atoms with van der Waals surface area (Å²) in [5.74, 6) is 0.0289. The van der Waals surface area contributed by atoms with E-state index in [0.717, 1.165) is 10.5 Å². The third kappa shape index (κ3) is 6.59. The fourth-order valence-electron chi connectivity index (χ4n) is 4.48. The molecule has 0 amide bonds.